The van der Waals surface area contributed by atoms with Gasteiger partial charge in [0.15, 0.2) is 0 Å². The Hall–Kier alpha value is -4.46. The van der Waals surface area contributed by atoms with E-state index in [4.69, 9.17) is 15.9 Å². The number of fused-ring (bicyclic) bond motifs is 1. The molecule has 0 saturated carbocycles. The van der Waals surface area contributed by atoms with Gasteiger partial charge in [0.1, 0.15) is 18.1 Å². The average molecular weight is 548 g/mol. The van der Waals surface area contributed by atoms with Crippen molar-refractivity contribution in [1.82, 2.24) is 20.9 Å². The predicted molar refractivity (Wildman–Crippen MR) is 137 cm³/mol. The van der Waals surface area contributed by atoms with Crippen LogP contribution in [0.1, 0.15) is 38.7 Å². The van der Waals surface area contributed by atoms with E-state index in [0.29, 0.717) is 6.42 Å². The molecule has 0 spiro atoms. The number of carboxylic acid groups (broad SMARTS) is 3. The van der Waals surface area contributed by atoms with Crippen LogP contribution >= 0.6 is 0 Å². The van der Waals surface area contributed by atoms with Crippen LogP contribution in [0.15, 0.2) is 30.5 Å². The van der Waals surface area contributed by atoms with Crippen molar-refractivity contribution in [1.29, 1.82) is 0 Å². The number of H-pyrrole nitrogens is 1. The SMILES string of the molecule is CCC(C)C(NC(=O)C(N)Cc1c[nH]c2ccccc12)C(=O)NC(CC(=O)O)C(=O)NC(CC(=O)O)C(=O)O. The summed E-state index contributed by atoms with van der Waals surface area (Å²) in [5.41, 5.74) is 7.79. The van der Waals surface area contributed by atoms with E-state index in [2.05, 4.69) is 15.6 Å². The van der Waals surface area contributed by atoms with Gasteiger partial charge in [-0.3, -0.25) is 24.0 Å². The number of benzene rings is 1. The molecule has 0 aliphatic heterocycles. The Bertz CT molecular complexity index is 1230. The van der Waals surface area contributed by atoms with E-state index in [1.807, 2.05) is 29.6 Å². The van der Waals surface area contributed by atoms with Crippen molar-refractivity contribution in [2.45, 2.75) is 63.7 Å². The second-order valence-electron chi connectivity index (χ2n) is 9.20. The number of amides is 3. The Morgan fingerprint density at radius 2 is 1.46 bits per heavy atom. The maximum absolute atomic E-state index is 13.1. The number of para-hydroxylation sites is 1. The highest BCUT2D eigenvalue weighted by molar-refractivity contribution is 5.96. The number of carbonyl (C=O) groups excluding carboxylic acids is 3. The molecule has 14 nitrogen and oxygen atoms in total. The van der Waals surface area contributed by atoms with Gasteiger partial charge in [0.05, 0.1) is 18.9 Å². The van der Waals surface area contributed by atoms with E-state index in [0.717, 1.165) is 16.5 Å². The average Bonchev–Trinajstić information content (AvgIpc) is 3.27. The molecule has 0 aliphatic carbocycles. The zero-order chi connectivity index (χ0) is 29.3. The lowest BCUT2D eigenvalue weighted by Crippen LogP contribution is -2.59. The summed E-state index contributed by atoms with van der Waals surface area (Å²) in [4.78, 5) is 75.3. The molecule has 0 saturated heterocycles. The summed E-state index contributed by atoms with van der Waals surface area (Å²) in [6.45, 7) is 3.42. The Labute approximate surface area is 223 Å². The van der Waals surface area contributed by atoms with Crippen LogP contribution in [0.3, 0.4) is 0 Å². The van der Waals surface area contributed by atoms with Gasteiger partial charge in [0.2, 0.25) is 17.7 Å². The third-order valence-electron chi connectivity index (χ3n) is 6.25. The molecule has 3 amide bonds. The van der Waals surface area contributed by atoms with E-state index in [1.54, 1.807) is 20.0 Å². The van der Waals surface area contributed by atoms with Gasteiger partial charge in [-0.1, -0.05) is 38.5 Å². The molecule has 0 aliphatic rings. The third-order valence-corrected chi connectivity index (χ3v) is 6.25. The number of carboxylic acids is 3. The molecule has 5 unspecified atom stereocenters. The quantitative estimate of drug-likeness (QED) is 0.143. The smallest absolute Gasteiger partial charge is 0.326 e. The Morgan fingerprint density at radius 1 is 0.872 bits per heavy atom. The molecule has 14 heteroatoms. The van der Waals surface area contributed by atoms with Crippen molar-refractivity contribution in [3.8, 4) is 0 Å². The lowest BCUT2D eigenvalue weighted by Gasteiger charge is -2.27. The van der Waals surface area contributed by atoms with E-state index in [9.17, 15) is 33.9 Å². The molecule has 5 atom stereocenters. The molecule has 1 aromatic carbocycles. The molecular formula is C25H33N5O9. The molecule has 39 heavy (non-hydrogen) atoms. The van der Waals surface area contributed by atoms with Crippen molar-refractivity contribution in [3.63, 3.8) is 0 Å². The highest BCUT2D eigenvalue weighted by Gasteiger charge is 2.34. The largest absolute Gasteiger partial charge is 0.481 e. The van der Waals surface area contributed by atoms with E-state index in [1.165, 1.54) is 0 Å². The standard InChI is InChI=1S/C25H33N5O9/c1-3-12(2)21(30-22(35)15(26)8-13-11-27-16-7-5-4-6-14(13)16)24(37)28-17(9-19(31)32)23(36)29-18(25(38)39)10-20(33)34/h4-7,11-12,15,17-18,21,27H,3,8-10,26H2,1-2H3,(H,28,37)(H,29,36)(H,30,35)(H,31,32)(H,33,34)(H,38,39). The van der Waals surface area contributed by atoms with Gasteiger partial charge in [-0.15, -0.1) is 0 Å². The molecule has 2 rings (SSSR count). The van der Waals surface area contributed by atoms with Crippen LogP contribution in [0, 0.1) is 5.92 Å². The second-order valence-corrected chi connectivity index (χ2v) is 9.20. The first-order valence-electron chi connectivity index (χ1n) is 12.2. The summed E-state index contributed by atoms with van der Waals surface area (Å²) < 4.78 is 0. The molecule has 9 N–H and O–H groups in total. The Morgan fingerprint density at radius 3 is 2.05 bits per heavy atom. The highest BCUT2D eigenvalue weighted by atomic mass is 16.4. The Balaban J connectivity index is 2.16. The minimum Gasteiger partial charge on any atom is -0.481 e. The minimum atomic E-state index is -1.85. The maximum Gasteiger partial charge on any atom is 0.326 e. The summed E-state index contributed by atoms with van der Waals surface area (Å²) in [6.07, 6.45) is 0.438. The van der Waals surface area contributed by atoms with Gasteiger partial charge in [0, 0.05) is 17.1 Å². The number of carbonyl (C=O) groups is 6. The summed E-state index contributed by atoms with van der Waals surface area (Å²) in [5.74, 6) is -7.84. The second kappa shape index (κ2) is 13.9. The number of hydrogen-bond donors (Lipinski definition) is 8. The predicted octanol–water partition coefficient (Wildman–Crippen LogP) is -0.428. The number of nitrogens with two attached hydrogens (primary N) is 1. The van der Waals surface area contributed by atoms with Gasteiger partial charge in [0.25, 0.3) is 0 Å². The van der Waals surface area contributed by atoms with Crippen LogP contribution < -0.4 is 21.7 Å². The van der Waals surface area contributed by atoms with Crippen molar-refractivity contribution >= 4 is 46.5 Å². The summed E-state index contributed by atoms with van der Waals surface area (Å²) >= 11 is 0. The van der Waals surface area contributed by atoms with Gasteiger partial charge in [-0.05, 0) is 24.0 Å². The number of hydrogen-bond acceptors (Lipinski definition) is 7. The van der Waals surface area contributed by atoms with Crippen LogP contribution in [0.25, 0.3) is 10.9 Å². The van der Waals surface area contributed by atoms with Gasteiger partial charge < -0.3 is 42.0 Å². The first-order chi connectivity index (χ1) is 18.3. The fourth-order valence-electron chi connectivity index (χ4n) is 3.88. The number of nitrogens with one attached hydrogen (secondary N) is 4. The molecule has 2 aromatic rings. The number of aromatic nitrogens is 1. The minimum absolute atomic E-state index is 0.162. The van der Waals surface area contributed by atoms with Crippen LogP contribution in [0.4, 0.5) is 0 Å². The van der Waals surface area contributed by atoms with Gasteiger partial charge in [-0.2, -0.15) is 0 Å². The van der Waals surface area contributed by atoms with Crippen LogP contribution in [0.2, 0.25) is 0 Å². The molecule has 212 valence electrons. The fraction of sp³-hybridized carbons (Fsp3) is 0.440. The summed E-state index contributed by atoms with van der Waals surface area (Å²) in [5, 5.41) is 34.9. The molecule has 0 fully saturated rings. The summed E-state index contributed by atoms with van der Waals surface area (Å²) in [7, 11) is 0. The highest BCUT2D eigenvalue weighted by Crippen LogP contribution is 2.19. The first kappa shape index (κ1) is 30.8. The van der Waals surface area contributed by atoms with Crippen LogP contribution in [-0.4, -0.2) is 80.1 Å². The summed E-state index contributed by atoms with van der Waals surface area (Å²) in [6, 6.07) is 1.63. The molecule has 0 radical (unpaired) electrons. The lowest BCUT2D eigenvalue weighted by atomic mass is 9.96. The van der Waals surface area contributed by atoms with Crippen LogP contribution in [-0.2, 0) is 35.2 Å². The zero-order valence-corrected chi connectivity index (χ0v) is 21.5. The molecule has 1 heterocycles. The topological polar surface area (TPSA) is 241 Å². The Kier molecular flexibility index (Phi) is 11.0. The first-order valence-corrected chi connectivity index (χ1v) is 12.2. The molecule has 1 aromatic heterocycles. The van der Waals surface area contributed by atoms with Crippen molar-refractivity contribution < 1.29 is 44.1 Å². The third kappa shape index (κ3) is 8.81. The number of aromatic amines is 1. The number of rotatable bonds is 15. The number of aliphatic carboxylic acids is 3. The van der Waals surface area contributed by atoms with Gasteiger partial charge >= 0.3 is 17.9 Å². The van der Waals surface area contributed by atoms with E-state index >= 15 is 0 Å². The zero-order valence-electron chi connectivity index (χ0n) is 21.5. The van der Waals surface area contributed by atoms with Crippen molar-refractivity contribution in [2.75, 3.05) is 0 Å². The van der Waals surface area contributed by atoms with Gasteiger partial charge in [-0.25, -0.2) is 4.79 Å². The van der Waals surface area contributed by atoms with E-state index < -0.39 is 78.6 Å². The van der Waals surface area contributed by atoms with Crippen LogP contribution in [0.5, 0.6) is 0 Å². The fourth-order valence-corrected chi connectivity index (χ4v) is 3.88. The lowest BCUT2D eigenvalue weighted by molar-refractivity contribution is -0.148. The van der Waals surface area contributed by atoms with E-state index in [-0.39, 0.29) is 6.42 Å². The maximum atomic E-state index is 13.1. The molecule has 0 bridgehead atoms. The van der Waals surface area contributed by atoms with Crippen molar-refractivity contribution in [2.24, 2.45) is 11.7 Å². The van der Waals surface area contributed by atoms with Crippen molar-refractivity contribution in [3.05, 3.63) is 36.0 Å². The molecular weight excluding hydrogens is 514 g/mol. The normalized spacial score (nSPS) is 14.8. The monoisotopic (exact) mass is 547 g/mol.